The number of ether oxygens (including phenoxy) is 3. The monoisotopic (exact) mass is 590 g/mol. The zero-order chi connectivity index (χ0) is 29.8. The molecule has 7 atom stereocenters. The number of unbranched alkanes of at least 4 members (excludes halogenated alkanes) is 7. The number of esters is 2. The van der Waals surface area contributed by atoms with Crippen LogP contribution in [0, 0.1) is 17.8 Å². The van der Waals surface area contributed by atoms with E-state index < -0.39 is 71.5 Å². The Morgan fingerprint density at radius 1 is 1.02 bits per heavy atom. The van der Waals surface area contributed by atoms with Gasteiger partial charge in [0.2, 0.25) is 0 Å². The fourth-order valence-electron chi connectivity index (χ4n) is 4.97. The van der Waals surface area contributed by atoms with Gasteiger partial charge >= 0.3 is 47.2 Å². The molecule has 1 aliphatic heterocycles. The molecule has 226 valence electrons. The second kappa shape index (κ2) is 18.5. The number of nitrogens with zero attached hydrogens (tertiary/aromatic N) is 1. The molecule has 1 aromatic rings. The quantitative estimate of drug-likeness (QED) is 0.123. The average Bonchev–Trinajstić information content (AvgIpc) is 3.21. The van der Waals surface area contributed by atoms with Gasteiger partial charge in [-0.2, -0.15) is 0 Å². The summed E-state index contributed by atoms with van der Waals surface area (Å²) in [6.45, 7) is 6.71. The molecule has 0 aliphatic carbocycles. The van der Waals surface area contributed by atoms with Crippen molar-refractivity contribution in [3.05, 3.63) is 33.1 Å². The van der Waals surface area contributed by atoms with Gasteiger partial charge in [-0.1, -0.05) is 72.6 Å². The summed E-state index contributed by atoms with van der Waals surface area (Å²) >= 11 is 0. The fourth-order valence-corrected chi connectivity index (χ4v) is 4.97. The van der Waals surface area contributed by atoms with Crippen LogP contribution >= 0.6 is 0 Å². The Bertz CT molecular complexity index is 1090. The third-order valence-electron chi connectivity index (χ3n) is 7.42. The Balaban J connectivity index is 0.00000840. The first kappa shape index (κ1) is 37.0. The maximum atomic E-state index is 13.0. The normalized spacial score (nSPS) is 22.3. The number of nitrogens with one attached hydrogen (secondary N) is 1. The molecule has 0 saturated carbocycles. The van der Waals surface area contributed by atoms with Crippen molar-refractivity contribution in [1.82, 2.24) is 9.55 Å². The standard InChI is InChI=1S/C28H44N2O10.Na/c1-5-7-8-9-10-11-12-13-16-38-26(35)17(3)21(25(33)34)18(4)27(36)40-23-19(6-2)39-24(22(23)32)30-15-14-20(31)29-28(30)37;/h14-15,17-19,21-24,32H,5-13,16H2,1-4H3,(H,33,34)(H,29,31,37);/q;+1/p-1/t17?,18?,19-,21?,22+,23?,24-;/m1./s1. The molecule has 12 nitrogen and oxygen atoms in total. The van der Waals surface area contributed by atoms with E-state index in [4.69, 9.17) is 14.2 Å². The molecule has 0 amide bonds. The van der Waals surface area contributed by atoms with E-state index in [1.54, 1.807) is 6.92 Å². The van der Waals surface area contributed by atoms with E-state index in [1.807, 2.05) is 0 Å². The molecule has 2 rings (SSSR count). The van der Waals surface area contributed by atoms with E-state index in [0.717, 1.165) is 36.1 Å². The third-order valence-corrected chi connectivity index (χ3v) is 7.42. The maximum Gasteiger partial charge on any atom is 1.00 e. The van der Waals surface area contributed by atoms with Crippen molar-refractivity contribution in [2.24, 2.45) is 17.8 Å². The van der Waals surface area contributed by atoms with E-state index in [-0.39, 0.29) is 36.2 Å². The molecule has 0 aromatic carbocycles. The molecule has 1 aliphatic rings. The summed E-state index contributed by atoms with van der Waals surface area (Å²) in [7, 11) is 0. The minimum atomic E-state index is -1.60. The molecular weight excluding hydrogens is 547 g/mol. The van der Waals surface area contributed by atoms with Gasteiger partial charge in [0.15, 0.2) is 12.3 Å². The molecule has 1 saturated heterocycles. The van der Waals surface area contributed by atoms with Gasteiger partial charge in [0.25, 0.3) is 5.56 Å². The van der Waals surface area contributed by atoms with Gasteiger partial charge in [0.1, 0.15) is 6.10 Å². The smallest absolute Gasteiger partial charge is 0.550 e. The van der Waals surface area contributed by atoms with Crippen LogP contribution in [0.5, 0.6) is 0 Å². The number of hydrogen-bond acceptors (Lipinski definition) is 10. The molecule has 41 heavy (non-hydrogen) atoms. The number of aromatic amines is 1. The molecule has 1 fully saturated rings. The van der Waals surface area contributed by atoms with Gasteiger partial charge < -0.3 is 29.2 Å². The fraction of sp³-hybridized carbons (Fsp3) is 0.750. The minimum absolute atomic E-state index is 0. The van der Waals surface area contributed by atoms with Crippen LogP contribution < -0.4 is 45.9 Å². The molecule has 2 N–H and O–H groups in total. The van der Waals surface area contributed by atoms with Crippen LogP contribution in [0.1, 0.15) is 91.7 Å². The van der Waals surface area contributed by atoms with Crippen LogP contribution in [0.4, 0.5) is 0 Å². The first-order chi connectivity index (χ1) is 19.0. The van der Waals surface area contributed by atoms with E-state index in [1.165, 1.54) is 39.5 Å². The van der Waals surface area contributed by atoms with Crippen molar-refractivity contribution in [2.75, 3.05) is 6.61 Å². The molecule has 0 bridgehead atoms. The Kier molecular flexibility index (Phi) is 16.7. The summed E-state index contributed by atoms with van der Waals surface area (Å²) in [5.41, 5.74) is -1.44. The van der Waals surface area contributed by atoms with Crippen molar-refractivity contribution < 1.29 is 68.4 Å². The van der Waals surface area contributed by atoms with Gasteiger partial charge in [0, 0.05) is 24.2 Å². The molecule has 13 heteroatoms. The van der Waals surface area contributed by atoms with Gasteiger partial charge in [-0.15, -0.1) is 0 Å². The molecular formula is C28H43N2NaO10. The summed E-state index contributed by atoms with van der Waals surface area (Å²) in [5, 5.41) is 22.8. The number of H-pyrrole nitrogens is 1. The minimum Gasteiger partial charge on any atom is -0.550 e. The number of aliphatic hydroxyl groups excluding tert-OH is 1. The van der Waals surface area contributed by atoms with E-state index >= 15 is 0 Å². The first-order valence-corrected chi connectivity index (χ1v) is 14.3. The van der Waals surface area contributed by atoms with Crippen molar-refractivity contribution in [2.45, 2.75) is 110 Å². The van der Waals surface area contributed by atoms with Crippen LogP contribution in [0.15, 0.2) is 21.9 Å². The number of carbonyl (C=O) groups is 3. The van der Waals surface area contributed by atoms with Crippen LogP contribution in [-0.4, -0.2) is 57.5 Å². The number of aliphatic carboxylic acids is 1. The number of aromatic nitrogens is 2. The van der Waals surface area contributed by atoms with Crippen molar-refractivity contribution >= 4 is 17.9 Å². The van der Waals surface area contributed by atoms with E-state index in [2.05, 4.69) is 11.9 Å². The summed E-state index contributed by atoms with van der Waals surface area (Å²) < 4.78 is 17.5. The first-order valence-electron chi connectivity index (χ1n) is 14.3. The summed E-state index contributed by atoms with van der Waals surface area (Å²) in [6, 6.07) is 1.08. The van der Waals surface area contributed by atoms with Gasteiger partial charge in [-0.25, -0.2) is 4.79 Å². The number of carbonyl (C=O) groups excluding carboxylic acids is 3. The van der Waals surface area contributed by atoms with Crippen LogP contribution in [0.25, 0.3) is 0 Å². The zero-order valence-electron chi connectivity index (χ0n) is 24.8. The molecule has 1 aromatic heterocycles. The Hall–Kier alpha value is -1.99. The Morgan fingerprint density at radius 2 is 1.61 bits per heavy atom. The van der Waals surface area contributed by atoms with Gasteiger partial charge in [-0.3, -0.25) is 23.9 Å². The van der Waals surface area contributed by atoms with E-state index in [9.17, 15) is 34.2 Å². The summed E-state index contributed by atoms with van der Waals surface area (Å²) in [6.07, 6.45) is 5.22. The van der Waals surface area contributed by atoms with Crippen molar-refractivity contribution in [1.29, 1.82) is 0 Å². The Morgan fingerprint density at radius 3 is 2.17 bits per heavy atom. The van der Waals surface area contributed by atoms with Gasteiger partial charge in [0.05, 0.1) is 24.5 Å². The summed E-state index contributed by atoms with van der Waals surface area (Å²) in [4.78, 5) is 63.2. The third kappa shape index (κ3) is 10.7. The number of carboxylic acids is 1. The van der Waals surface area contributed by atoms with E-state index in [0.29, 0.717) is 12.8 Å². The van der Waals surface area contributed by atoms with Crippen molar-refractivity contribution in [3.63, 3.8) is 0 Å². The second-order valence-corrected chi connectivity index (χ2v) is 10.4. The number of hydrogen-bond donors (Lipinski definition) is 2. The molecule has 2 heterocycles. The molecule has 0 spiro atoms. The predicted molar refractivity (Wildman–Crippen MR) is 142 cm³/mol. The predicted octanol–water partition coefficient (Wildman–Crippen LogP) is -1.56. The number of rotatable bonds is 17. The SMILES string of the molecule is CCCCCCCCCCOC(=O)C(C)C(C(=O)[O-])C(C)C(=O)OC1[C@@H](CC)O[C@@H](n2ccc(=O)[nH]c2=O)[C@H]1O.[Na+]. The number of aliphatic hydroxyl groups is 1. The maximum absolute atomic E-state index is 13.0. The largest absolute Gasteiger partial charge is 1.00 e. The molecule has 4 unspecified atom stereocenters. The summed E-state index contributed by atoms with van der Waals surface area (Å²) in [5.74, 6) is -7.34. The van der Waals surface area contributed by atoms with Crippen LogP contribution in [-0.2, 0) is 28.6 Å². The Labute approximate surface area is 262 Å². The molecule has 0 radical (unpaired) electrons. The second-order valence-electron chi connectivity index (χ2n) is 10.4. The van der Waals surface area contributed by atoms with Gasteiger partial charge in [-0.05, 0) is 12.8 Å². The number of carboxylic acid groups (broad SMARTS) is 1. The van der Waals surface area contributed by atoms with Crippen molar-refractivity contribution in [3.8, 4) is 0 Å². The topological polar surface area (TPSA) is 177 Å². The average molecular weight is 591 g/mol. The zero-order valence-corrected chi connectivity index (χ0v) is 26.8. The van der Waals surface area contributed by atoms with Crippen LogP contribution in [0.3, 0.4) is 0 Å². The van der Waals surface area contributed by atoms with Crippen LogP contribution in [0.2, 0.25) is 0 Å².